The van der Waals surface area contributed by atoms with Crippen molar-refractivity contribution in [1.29, 1.82) is 0 Å². The standard InChI is InChI=1S/C24H26F3N5O2/c1-5-30(6-2)20-8-10-21(11-9-20)31-16(3)13-18(17(31)4)15-28-29-22-12-7-19(24(25,26)27)14-23(22)32(33)34/h7-15,29H,5-6H2,1-4H3/b28-15-. The maximum Gasteiger partial charge on any atom is 0.416 e. The first-order valence-corrected chi connectivity index (χ1v) is 10.8. The Balaban J connectivity index is 1.84. The van der Waals surface area contributed by atoms with Crippen LogP contribution in [0.1, 0.15) is 36.4 Å². The summed E-state index contributed by atoms with van der Waals surface area (Å²) in [6.45, 7) is 9.93. The number of benzene rings is 2. The lowest BCUT2D eigenvalue weighted by atomic mass is 10.1. The molecular weight excluding hydrogens is 447 g/mol. The molecule has 2 aromatic carbocycles. The Morgan fingerprint density at radius 3 is 2.29 bits per heavy atom. The summed E-state index contributed by atoms with van der Waals surface area (Å²) < 4.78 is 40.7. The molecule has 0 aliphatic carbocycles. The second-order valence-corrected chi connectivity index (χ2v) is 7.71. The van der Waals surface area contributed by atoms with Gasteiger partial charge in [0, 0.05) is 47.5 Å². The third-order valence-electron chi connectivity index (χ3n) is 5.62. The molecule has 0 amide bonds. The van der Waals surface area contributed by atoms with Gasteiger partial charge < -0.3 is 9.47 Å². The lowest BCUT2D eigenvalue weighted by Gasteiger charge is -2.21. The number of rotatable bonds is 8. The van der Waals surface area contributed by atoms with Crippen molar-refractivity contribution < 1.29 is 18.1 Å². The number of halogens is 3. The van der Waals surface area contributed by atoms with Crippen molar-refractivity contribution in [1.82, 2.24) is 4.57 Å². The van der Waals surface area contributed by atoms with Crippen LogP contribution in [0.4, 0.5) is 30.2 Å². The van der Waals surface area contributed by atoms with Crippen LogP contribution in [0.2, 0.25) is 0 Å². The van der Waals surface area contributed by atoms with Crippen molar-refractivity contribution in [3.63, 3.8) is 0 Å². The highest BCUT2D eigenvalue weighted by Gasteiger charge is 2.33. The molecule has 0 saturated carbocycles. The zero-order valence-corrected chi connectivity index (χ0v) is 19.3. The minimum atomic E-state index is -4.67. The van der Waals surface area contributed by atoms with E-state index in [1.807, 2.05) is 32.0 Å². The molecule has 0 bridgehead atoms. The maximum absolute atomic E-state index is 12.9. The molecule has 7 nitrogen and oxygen atoms in total. The zero-order valence-electron chi connectivity index (χ0n) is 19.3. The molecule has 0 radical (unpaired) electrons. The fourth-order valence-electron chi connectivity index (χ4n) is 3.84. The van der Waals surface area contributed by atoms with Gasteiger partial charge in [-0.25, -0.2) is 0 Å². The van der Waals surface area contributed by atoms with E-state index in [9.17, 15) is 23.3 Å². The van der Waals surface area contributed by atoms with Gasteiger partial charge in [-0.05, 0) is 70.2 Å². The van der Waals surface area contributed by atoms with Crippen molar-refractivity contribution in [2.45, 2.75) is 33.9 Å². The van der Waals surface area contributed by atoms with Crippen molar-refractivity contribution >= 4 is 23.3 Å². The third kappa shape index (κ3) is 5.22. The van der Waals surface area contributed by atoms with E-state index in [0.29, 0.717) is 6.07 Å². The molecule has 1 N–H and O–H groups in total. The molecule has 1 aromatic heterocycles. The minimum Gasteiger partial charge on any atom is -0.372 e. The Kier molecular flexibility index (Phi) is 7.29. The molecule has 180 valence electrons. The van der Waals surface area contributed by atoms with Crippen LogP contribution < -0.4 is 10.3 Å². The number of anilines is 2. The SMILES string of the molecule is CCN(CC)c1ccc(-n2c(C)cc(/C=N\Nc3ccc(C(F)(F)F)cc3[N+](=O)[O-])c2C)cc1. The monoisotopic (exact) mass is 473 g/mol. The first-order chi connectivity index (χ1) is 16.1. The van der Waals surface area contributed by atoms with Crippen LogP contribution in [0.5, 0.6) is 0 Å². The van der Waals surface area contributed by atoms with Gasteiger partial charge in [-0.3, -0.25) is 15.5 Å². The summed E-state index contributed by atoms with van der Waals surface area (Å²) >= 11 is 0. The van der Waals surface area contributed by atoms with Crippen LogP contribution in [0.15, 0.2) is 53.6 Å². The normalized spacial score (nSPS) is 11.7. The Hall–Kier alpha value is -3.82. The third-order valence-corrected chi connectivity index (χ3v) is 5.62. The number of hydrogen-bond acceptors (Lipinski definition) is 5. The zero-order chi connectivity index (χ0) is 25.0. The predicted octanol–water partition coefficient (Wildman–Crippen LogP) is 6.31. The molecule has 3 aromatic rings. The fraction of sp³-hybridized carbons (Fsp3) is 0.292. The van der Waals surface area contributed by atoms with Crippen molar-refractivity contribution in [3.05, 3.63) is 81.2 Å². The van der Waals surface area contributed by atoms with Gasteiger partial charge in [0.05, 0.1) is 16.7 Å². The van der Waals surface area contributed by atoms with E-state index >= 15 is 0 Å². The first-order valence-electron chi connectivity index (χ1n) is 10.8. The highest BCUT2D eigenvalue weighted by Crippen LogP contribution is 2.35. The van der Waals surface area contributed by atoms with Crippen LogP contribution in [0.25, 0.3) is 5.69 Å². The molecule has 0 unspecified atom stereocenters. The van der Waals surface area contributed by atoms with Crippen molar-refractivity contribution in [2.24, 2.45) is 5.10 Å². The van der Waals surface area contributed by atoms with Crippen molar-refractivity contribution in [2.75, 3.05) is 23.4 Å². The molecule has 0 spiro atoms. The molecule has 0 aliphatic heterocycles. The molecule has 0 fully saturated rings. The number of nitrogens with one attached hydrogen (secondary N) is 1. The summed E-state index contributed by atoms with van der Waals surface area (Å²) in [5, 5.41) is 15.3. The van der Waals surface area contributed by atoms with E-state index in [1.54, 1.807) is 0 Å². The Morgan fingerprint density at radius 2 is 1.74 bits per heavy atom. The Bertz CT molecular complexity index is 1200. The summed E-state index contributed by atoms with van der Waals surface area (Å²) in [6.07, 6.45) is -3.18. The van der Waals surface area contributed by atoms with E-state index in [2.05, 4.69) is 46.0 Å². The van der Waals surface area contributed by atoms with Crippen LogP contribution in [-0.2, 0) is 6.18 Å². The second-order valence-electron chi connectivity index (χ2n) is 7.71. The molecule has 0 saturated heterocycles. The molecule has 0 aliphatic rings. The number of hydrogen-bond donors (Lipinski definition) is 1. The number of alkyl halides is 3. The molecular formula is C24H26F3N5O2. The van der Waals surface area contributed by atoms with Gasteiger partial charge in [-0.15, -0.1) is 0 Å². The number of nitro groups is 1. The molecule has 1 heterocycles. The van der Waals surface area contributed by atoms with Crippen LogP contribution in [0, 0.1) is 24.0 Å². The fourth-order valence-corrected chi connectivity index (χ4v) is 3.84. The molecule has 0 atom stereocenters. The Labute approximate surface area is 195 Å². The van der Waals surface area contributed by atoms with Gasteiger partial charge in [0.1, 0.15) is 5.69 Å². The lowest BCUT2D eigenvalue weighted by molar-refractivity contribution is -0.384. The maximum atomic E-state index is 12.9. The van der Waals surface area contributed by atoms with E-state index in [4.69, 9.17) is 0 Å². The minimum absolute atomic E-state index is 0.130. The average Bonchev–Trinajstić information content (AvgIpc) is 3.07. The molecule has 10 heteroatoms. The van der Waals surface area contributed by atoms with Crippen LogP contribution >= 0.6 is 0 Å². The number of hydrazone groups is 1. The predicted molar refractivity (Wildman–Crippen MR) is 128 cm³/mol. The van der Waals surface area contributed by atoms with Gasteiger partial charge in [0.15, 0.2) is 0 Å². The number of nitrogens with zero attached hydrogens (tertiary/aromatic N) is 4. The molecule has 3 rings (SSSR count). The highest BCUT2D eigenvalue weighted by molar-refractivity contribution is 5.83. The van der Waals surface area contributed by atoms with E-state index in [1.165, 1.54) is 6.21 Å². The topological polar surface area (TPSA) is 75.7 Å². The summed E-state index contributed by atoms with van der Waals surface area (Å²) in [6, 6.07) is 12.4. The second kappa shape index (κ2) is 9.98. The molecule has 34 heavy (non-hydrogen) atoms. The largest absolute Gasteiger partial charge is 0.416 e. The lowest BCUT2D eigenvalue weighted by Crippen LogP contribution is -2.21. The number of aromatic nitrogens is 1. The number of nitro benzene ring substituents is 1. The van der Waals surface area contributed by atoms with Gasteiger partial charge in [0.2, 0.25) is 0 Å². The summed E-state index contributed by atoms with van der Waals surface area (Å²) in [4.78, 5) is 12.6. The van der Waals surface area contributed by atoms with Crippen molar-refractivity contribution in [3.8, 4) is 5.69 Å². The summed E-state index contributed by atoms with van der Waals surface area (Å²) in [5.41, 5.74) is 5.33. The van der Waals surface area contributed by atoms with Gasteiger partial charge in [-0.2, -0.15) is 18.3 Å². The van der Waals surface area contributed by atoms with Gasteiger partial charge in [-0.1, -0.05) is 0 Å². The Morgan fingerprint density at radius 1 is 1.09 bits per heavy atom. The summed E-state index contributed by atoms with van der Waals surface area (Å²) in [7, 11) is 0. The van der Waals surface area contributed by atoms with E-state index < -0.39 is 22.4 Å². The smallest absolute Gasteiger partial charge is 0.372 e. The summed E-state index contributed by atoms with van der Waals surface area (Å²) in [5.74, 6) is 0. The average molecular weight is 473 g/mol. The quantitative estimate of drug-likeness (QED) is 0.236. The van der Waals surface area contributed by atoms with E-state index in [-0.39, 0.29) is 5.69 Å². The van der Waals surface area contributed by atoms with Gasteiger partial charge >= 0.3 is 6.18 Å². The van der Waals surface area contributed by atoms with Crippen LogP contribution in [0.3, 0.4) is 0 Å². The van der Waals surface area contributed by atoms with Gasteiger partial charge in [0.25, 0.3) is 5.69 Å². The number of aryl methyl sites for hydroxylation is 1. The first kappa shape index (κ1) is 24.8. The van der Waals surface area contributed by atoms with Crippen LogP contribution in [-0.4, -0.2) is 28.8 Å². The van der Waals surface area contributed by atoms with E-state index in [0.717, 1.165) is 53.5 Å². The highest BCUT2D eigenvalue weighted by atomic mass is 19.4.